The average Bonchev–Trinajstić information content (AvgIpc) is 2.76. The summed E-state index contributed by atoms with van der Waals surface area (Å²) in [6, 6.07) is 0. The minimum Gasteiger partial charge on any atom is -0.375 e. The Morgan fingerprint density at radius 1 is 1.50 bits per heavy atom. The maximum Gasteiger partial charge on any atom is 0.180 e. The number of alkyl halides is 1. The number of nitrogens with two attached hydrogens (primary N) is 1. The molecule has 7 heteroatoms. The molecule has 0 fully saturated rings. The van der Waals surface area contributed by atoms with Gasteiger partial charge in [0.25, 0.3) is 0 Å². The van der Waals surface area contributed by atoms with E-state index in [1.165, 1.54) is 11.3 Å². The van der Waals surface area contributed by atoms with Gasteiger partial charge in [-0.15, -0.1) is 16.4 Å². The van der Waals surface area contributed by atoms with E-state index in [2.05, 4.69) is 31.2 Å². The van der Waals surface area contributed by atoms with Crippen molar-refractivity contribution < 1.29 is 0 Å². The van der Waals surface area contributed by atoms with E-state index in [4.69, 9.17) is 5.73 Å². The molecular formula is C7H8BrN5S. The van der Waals surface area contributed by atoms with Crippen LogP contribution in [-0.2, 0) is 11.9 Å². The van der Waals surface area contributed by atoms with Gasteiger partial charge in [0.1, 0.15) is 0 Å². The molecule has 0 aliphatic carbocycles. The molecule has 0 aliphatic rings. The monoisotopic (exact) mass is 273 g/mol. The highest BCUT2D eigenvalue weighted by Crippen LogP contribution is 2.12. The molecule has 0 amide bonds. The fourth-order valence-electron chi connectivity index (χ4n) is 1.04. The summed E-state index contributed by atoms with van der Waals surface area (Å²) in [6.07, 6.45) is 1.88. The van der Waals surface area contributed by atoms with E-state index < -0.39 is 0 Å². The lowest BCUT2D eigenvalue weighted by atomic mass is 10.5. The second-order valence-electron chi connectivity index (χ2n) is 2.72. The third-order valence-electron chi connectivity index (χ3n) is 1.62. The van der Waals surface area contributed by atoms with Crippen molar-refractivity contribution in [2.45, 2.75) is 11.9 Å². The summed E-state index contributed by atoms with van der Waals surface area (Å²) in [6.45, 7) is 0.619. The molecule has 74 valence electrons. The number of halogens is 1. The van der Waals surface area contributed by atoms with Gasteiger partial charge in [-0.3, -0.25) is 0 Å². The minimum absolute atomic E-state index is 0.584. The van der Waals surface area contributed by atoms with Gasteiger partial charge in [-0.2, -0.15) is 0 Å². The number of hydrogen-bond acceptors (Lipinski definition) is 5. The highest BCUT2D eigenvalue weighted by atomic mass is 79.9. The molecule has 0 bridgehead atoms. The van der Waals surface area contributed by atoms with Gasteiger partial charge in [0.2, 0.25) is 0 Å². The van der Waals surface area contributed by atoms with E-state index in [1.54, 1.807) is 4.68 Å². The van der Waals surface area contributed by atoms with Gasteiger partial charge >= 0.3 is 0 Å². The molecule has 0 aromatic carbocycles. The molecule has 0 spiro atoms. The molecule has 0 atom stereocenters. The van der Waals surface area contributed by atoms with Crippen LogP contribution in [0.25, 0.3) is 0 Å². The molecule has 0 saturated heterocycles. The Hall–Kier alpha value is -0.950. The van der Waals surface area contributed by atoms with Crippen LogP contribution in [0.3, 0.4) is 0 Å². The Morgan fingerprint density at radius 3 is 2.93 bits per heavy atom. The van der Waals surface area contributed by atoms with E-state index in [1.807, 2.05) is 11.6 Å². The van der Waals surface area contributed by atoms with Crippen molar-refractivity contribution in [1.29, 1.82) is 0 Å². The lowest BCUT2D eigenvalue weighted by Gasteiger charge is -1.93. The first-order chi connectivity index (χ1) is 6.78. The maximum atomic E-state index is 5.52. The van der Waals surface area contributed by atoms with Crippen LogP contribution in [0, 0.1) is 0 Å². The van der Waals surface area contributed by atoms with Crippen molar-refractivity contribution in [3.8, 4) is 0 Å². The third-order valence-corrected chi connectivity index (χ3v) is 2.91. The highest BCUT2D eigenvalue weighted by molar-refractivity contribution is 9.08. The molecule has 0 aliphatic heterocycles. The number of hydrogen-bond donors (Lipinski definition) is 1. The molecular weight excluding hydrogens is 266 g/mol. The summed E-state index contributed by atoms with van der Waals surface area (Å²) in [4.78, 5) is 4.14. The summed E-state index contributed by atoms with van der Waals surface area (Å²) in [5.74, 6) is 0. The topological polar surface area (TPSA) is 69.6 Å². The van der Waals surface area contributed by atoms with Gasteiger partial charge < -0.3 is 5.73 Å². The summed E-state index contributed by atoms with van der Waals surface area (Å²) >= 11 is 4.74. The van der Waals surface area contributed by atoms with Gasteiger partial charge in [-0.25, -0.2) is 9.67 Å². The molecule has 2 aromatic rings. The second-order valence-corrected chi connectivity index (χ2v) is 4.17. The fourth-order valence-corrected chi connectivity index (χ4v) is 1.85. The minimum atomic E-state index is 0.584. The van der Waals surface area contributed by atoms with Crippen LogP contribution in [0.1, 0.15) is 11.4 Å². The first kappa shape index (κ1) is 9.60. The molecule has 0 unspecified atom stereocenters. The predicted octanol–water partition coefficient (Wildman–Crippen LogP) is 1.26. The molecule has 0 saturated carbocycles. The molecule has 2 N–H and O–H groups in total. The van der Waals surface area contributed by atoms with Crippen LogP contribution in [0.5, 0.6) is 0 Å². The van der Waals surface area contributed by atoms with Crippen molar-refractivity contribution in [3.63, 3.8) is 0 Å². The highest BCUT2D eigenvalue weighted by Gasteiger charge is 2.02. The Balaban J connectivity index is 2.10. The van der Waals surface area contributed by atoms with Crippen LogP contribution in [0.2, 0.25) is 0 Å². The number of rotatable bonds is 3. The summed E-state index contributed by atoms with van der Waals surface area (Å²) in [5, 5.41) is 11.1. The smallest absolute Gasteiger partial charge is 0.180 e. The first-order valence-electron chi connectivity index (χ1n) is 3.93. The Labute approximate surface area is 93.1 Å². The van der Waals surface area contributed by atoms with Crippen LogP contribution >= 0.6 is 27.3 Å². The van der Waals surface area contributed by atoms with Crippen LogP contribution in [0.15, 0.2) is 11.6 Å². The van der Waals surface area contributed by atoms with Crippen LogP contribution < -0.4 is 5.73 Å². The predicted molar refractivity (Wildman–Crippen MR) is 58.3 cm³/mol. The quantitative estimate of drug-likeness (QED) is 0.855. The Kier molecular flexibility index (Phi) is 2.78. The normalized spacial score (nSPS) is 10.6. The van der Waals surface area contributed by atoms with Gasteiger partial charge in [0.05, 0.1) is 17.9 Å². The summed E-state index contributed by atoms with van der Waals surface area (Å²) < 4.78 is 1.74. The van der Waals surface area contributed by atoms with Gasteiger partial charge in [-0.05, 0) is 0 Å². The van der Waals surface area contributed by atoms with E-state index in [-0.39, 0.29) is 0 Å². The van der Waals surface area contributed by atoms with Gasteiger partial charge in [0.15, 0.2) is 5.13 Å². The molecule has 0 radical (unpaired) electrons. The Morgan fingerprint density at radius 2 is 2.36 bits per heavy atom. The van der Waals surface area contributed by atoms with Gasteiger partial charge in [0, 0.05) is 16.9 Å². The summed E-state index contributed by atoms with van der Waals surface area (Å²) in [5.41, 5.74) is 7.34. The van der Waals surface area contributed by atoms with Crippen molar-refractivity contribution in [1.82, 2.24) is 20.0 Å². The second kappa shape index (κ2) is 4.05. The zero-order valence-corrected chi connectivity index (χ0v) is 9.62. The third kappa shape index (κ3) is 2.10. The molecule has 2 heterocycles. The Bertz CT molecular complexity index is 423. The lowest BCUT2D eigenvalue weighted by Crippen LogP contribution is -2.00. The van der Waals surface area contributed by atoms with Crippen molar-refractivity contribution >= 4 is 32.4 Å². The number of thiazole rings is 1. The van der Waals surface area contributed by atoms with E-state index >= 15 is 0 Å². The fraction of sp³-hybridized carbons (Fsp3) is 0.286. The van der Waals surface area contributed by atoms with Gasteiger partial charge in [-0.1, -0.05) is 21.1 Å². The number of anilines is 1. The zero-order valence-electron chi connectivity index (χ0n) is 7.22. The first-order valence-corrected chi connectivity index (χ1v) is 5.93. The molecule has 5 nitrogen and oxygen atoms in total. The molecule has 2 rings (SSSR count). The van der Waals surface area contributed by atoms with Crippen LogP contribution in [-0.4, -0.2) is 20.0 Å². The van der Waals surface area contributed by atoms with E-state index in [0.29, 0.717) is 17.0 Å². The van der Waals surface area contributed by atoms with Crippen molar-refractivity contribution in [2.75, 3.05) is 5.73 Å². The standard InChI is InChI=1S/C7H8BrN5S/c8-1-5-2-13(12-11-5)3-6-4-14-7(9)10-6/h2,4H,1,3H2,(H2,9,10). The average molecular weight is 274 g/mol. The SMILES string of the molecule is Nc1nc(Cn2cc(CBr)nn2)cs1. The molecule has 14 heavy (non-hydrogen) atoms. The van der Waals surface area contributed by atoms with E-state index in [9.17, 15) is 0 Å². The number of nitrogen functional groups attached to an aromatic ring is 1. The maximum absolute atomic E-state index is 5.52. The van der Waals surface area contributed by atoms with Crippen LogP contribution in [0.4, 0.5) is 5.13 Å². The lowest BCUT2D eigenvalue weighted by molar-refractivity contribution is 0.641. The number of nitrogens with zero attached hydrogens (tertiary/aromatic N) is 4. The number of aromatic nitrogens is 4. The summed E-state index contributed by atoms with van der Waals surface area (Å²) in [7, 11) is 0. The van der Waals surface area contributed by atoms with Crippen molar-refractivity contribution in [2.24, 2.45) is 0 Å². The van der Waals surface area contributed by atoms with E-state index in [0.717, 1.165) is 11.4 Å². The largest absolute Gasteiger partial charge is 0.375 e. The van der Waals surface area contributed by atoms with Crippen molar-refractivity contribution in [3.05, 3.63) is 23.0 Å². The molecule has 2 aromatic heterocycles. The zero-order chi connectivity index (χ0) is 9.97.